The van der Waals surface area contributed by atoms with E-state index in [9.17, 15) is 5.11 Å². The number of ether oxygens (including phenoxy) is 2. The average molecular weight is 284 g/mol. The van der Waals surface area contributed by atoms with Crippen molar-refractivity contribution in [1.29, 1.82) is 0 Å². The van der Waals surface area contributed by atoms with Gasteiger partial charge in [-0.1, -0.05) is 24.3 Å². The lowest BCUT2D eigenvalue weighted by molar-refractivity contribution is 0.0640. The fourth-order valence-electron chi connectivity index (χ4n) is 2.92. The predicted molar refractivity (Wildman–Crippen MR) is 81.8 cm³/mol. The second-order valence-electron chi connectivity index (χ2n) is 5.55. The largest absolute Gasteiger partial charge is 0.497 e. The van der Waals surface area contributed by atoms with Crippen LogP contribution in [0, 0.1) is 12.8 Å². The van der Waals surface area contributed by atoms with Crippen molar-refractivity contribution in [3.05, 3.63) is 59.2 Å². The van der Waals surface area contributed by atoms with Gasteiger partial charge in [-0.25, -0.2) is 0 Å². The number of aliphatic hydroxyl groups excluding tert-OH is 1. The van der Waals surface area contributed by atoms with Crippen LogP contribution in [-0.2, 0) is 6.42 Å². The van der Waals surface area contributed by atoms with Gasteiger partial charge in [-0.15, -0.1) is 0 Å². The Morgan fingerprint density at radius 1 is 1.24 bits per heavy atom. The van der Waals surface area contributed by atoms with Crippen molar-refractivity contribution in [2.45, 2.75) is 19.4 Å². The normalized spacial score (nSPS) is 18.5. The molecular weight excluding hydrogens is 264 g/mol. The molecule has 0 amide bonds. The van der Waals surface area contributed by atoms with Gasteiger partial charge in [-0.2, -0.15) is 0 Å². The number of aryl methyl sites for hydroxylation is 1. The zero-order valence-corrected chi connectivity index (χ0v) is 12.4. The highest BCUT2D eigenvalue weighted by molar-refractivity contribution is 5.38. The van der Waals surface area contributed by atoms with Gasteiger partial charge in [0.25, 0.3) is 0 Å². The topological polar surface area (TPSA) is 38.7 Å². The van der Waals surface area contributed by atoms with Crippen molar-refractivity contribution >= 4 is 0 Å². The van der Waals surface area contributed by atoms with Crippen LogP contribution in [0.5, 0.6) is 11.5 Å². The quantitative estimate of drug-likeness (QED) is 0.940. The van der Waals surface area contributed by atoms with E-state index in [0.29, 0.717) is 6.61 Å². The van der Waals surface area contributed by atoms with E-state index in [2.05, 4.69) is 6.07 Å². The third kappa shape index (κ3) is 2.74. The molecule has 2 atom stereocenters. The van der Waals surface area contributed by atoms with Crippen molar-refractivity contribution in [3.63, 3.8) is 0 Å². The molecule has 0 bridgehead atoms. The number of para-hydroxylation sites is 1. The van der Waals surface area contributed by atoms with Crippen LogP contribution in [0.3, 0.4) is 0 Å². The summed E-state index contributed by atoms with van der Waals surface area (Å²) in [6.07, 6.45) is 0.312. The standard InChI is InChI=1S/C18H20O3/c1-12-9-15(20-2)7-8-16(12)18(19)14-10-13-5-3-4-6-17(13)21-11-14/h3-9,14,18-19H,10-11H2,1-2H3. The van der Waals surface area contributed by atoms with Crippen molar-refractivity contribution in [1.82, 2.24) is 0 Å². The molecule has 0 aromatic heterocycles. The van der Waals surface area contributed by atoms with Crippen LogP contribution in [0.25, 0.3) is 0 Å². The molecule has 3 rings (SSSR count). The maximum absolute atomic E-state index is 10.7. The van der Waals surface area contributed by atoms with Crippen molar-refractivity contribution < 1.29 is 14.6 Å². The van der Waals surface area contributed by atoms with Gasteiger partial charge in [-0.3, -0.25) is 0 Å². The predicted octanol–water partition coefficient (Wildman–Crippen LogP) is 3.29. The summed E-state index contributed by atoms with van der Waals surface area (Å²) in [4.78, 5) is 0. The minimum Gasteiger partial charge on any atom is -0.497 e. The maximum atomic E-state index is 10.7. The third-order valence-electron chi connectivity index (χ3n) is 4.15. The molecule has 21 heavy (non-hydrogen) atoms. The molecule has 0 saturated carbocycles. The molecule has 3 nitrogen and oxygen atoms in total. The maximum Gasteiger partial charge on any atom is 0.122 e. The minimum atomic E-state index is -0.524. The summed E-state index contributed by atoms with van der Waals surface area (Å²) in [6, 6.07) is 13.8. The van der Waals surface area contributed by atoms with Crippen LogP contribution < -0.4 is 9.47 Å². The summed E-state index contributed by atoms with van der Waals surface area (Å²) < 4.78 is 11.0. The minimum absolute atomic E-state index is 0.0759. The zero-order chi connectivity index (χ0) is 14.8. The van der Waals surface area contributed by atoms with Crippen LogP contribution in [0.15, 0.2) is 42.5 Å². The molecule has 110 valence electrons. The van der Waals surface area contributed by atoms with Gasteiger partial charge in [0, 0.05) is 5.92 Å². The Morgan fingerprint density at radius 3 is 2.81 bits per heavy atom. The average Bonchev–Trinajstić information content (AvgIpc) is 2.53. The van der Waals surface area contributed by atoms with Crippen LogP contribution >= 0.6 is 0 Å². The van der Waals surface area contributed by atoms with Crippen molar-refractivity contribution in [2.75, 3.05) is 13.7 Å². The lowest BCUT2D eigenvalue weighted by Gasteiger charge is -2.29. The summed E-state index contributed by atoms with van der Waals surface area (Å²) in [6.45, 7) is 2.54. The van der Waals surface area contributed by atoms with E-state index in [1.54, 1.807) is 7.11 Å². The Balaban J connectivity index is 1.82. The van der Waals surface area contributed by atoms with E-state index < -0.39 is 6.10 Å². The highest BCUT2D eigenvalue weighted by atomic mass is 16.5. The summed E-state index contributed by atoms with van der Waals surface area (Å²) in [7, 11) is 1.65. The molecule has 3 heteroatoms. The van der Waals surface area contributed by atoms with Gasteiger partial charge in [-0.05, 0) is 48.2 Å². The van der Waals surface area contributed by atoms with Gasteiger partial charge < -0.3 is 14.6 Å². The first kappa shape index (κ1) is 14.0. The number of fused-ring (bicyclic) bond motifs is 1. The molecule has 1 N–H and O–H groups in total. The van der Waals surface area contributed by atoms with E-state index in [0.717, 1.165) is 29.0 Å². The first-order valence-electron chi connectivity index (χ1n) is 7.22. The molecule has 0 fully saturated rings. The fraction of sp³-hybridized carbons (Fsp3) is 0.333. The highest BCUT2D eigenvalue weighted by Crippen LogP contribution is 2.35. The van der Waals surface area contributed by atoms with Crippen LogP contribution in [0.1, 0.15) is 22.8 Å². The molecule has 1 aliphatic heterocycles. The van der Waals surface area contributed by atoms with Gasteiger partial charge in [0.1, 0.15) is 11.5 Å². The van der Waals surface area contributed by atoms with E-state index in [4.69, 9.17) is 9.47 Å². The number of hydrogen-bond acceptors (Lipinski definition) is 3. The Hall–Kier alpha value is -2.00. The van der Waals surface area contributed by atoms with Crippen LogP contribution in [0.4, 0.5) is 0 Å². The summed E-state index contributed by atoms with van der Waals surface area (Å²) in [5, 5.41) is 10.7. The second kappa shape index (κ2) is 5.78. The Bertz CT molecular complexity index is 636. The Labute approximate surface area is 125 Å². The zero-order valence-electron chi connectivity index (χ0n) is 12.4. The number of aliphatic hydroxyl groups is 1. The molecule has 1 aliphatic rings. The van der Waals surface area contributed by atoms with Gasteiger partial charge in [0.15, 0.2) is 0 Å². The van der Waals surface area contributed by atoms with Gasteiger partial charge in [0.2, 0.25) is 0 Å². The smallest absolute Gasteiger partial charge is 0.122 e. The molecule has 0 saturated heterocycles. The van der Waals surface area contributed by atoms with Crippen LogP contribution in [0.2, 0.25) is 0 Å². The molecule has 0 aliphatic carbocycles. The summed E-state index contributed by atoms with van der Waals surface area (Å²) in [5.41, 5.74) is 3.16. The number of benzene rings is 2. The first-order chi connectivity index (χ1) is 10.2. The first-order valence-corrected chi connectivity index (χ1v) is 7.22. The van der Waals surface area contributed by atoms with Gasteiger partial charge in [0.05, 0.1) is 19.8 Å². The molecule has 0 spiro atoms. The number of hydrogen-bond donors (Lipinski definition) is 1. The van der Waals surface area contributed by atoms with Crippen molar-refractivity contribution in [3.8, 4) is 11.5 Å². The molecule has 2 aromatic rings. The van der Waals surface area contributed by atoms with Crippen LogP contribution in [-0.4, -0.2) is 18.8 Å². The number of methoxy groups -OCH3 is 1. The Kier molecular flexibility index (Phi) is 3.84. The Morgan fingerprint density at radius 2 is 2.05 bits per heavy atom. The highest BCUT2D eigenvalue weighted by Gasteiger charge is 2.28. The lowest BCUT2D eigenvalue weighted by Crippen LogP contribution is -2.27. The third-order valence-corrected chi connectivity index (χ3v) is 4.15. The van der Waals surface area contributed by atoms with Crippen molar-refractivity contribution in [2.24, 2.45) is 5.92 Å². The molecule has 0 radical (unpaired) electrons. The SMILES string of the molecule is COc1ccc(C(O)C2COc3ccccc3C2)c(C)c1. The second-order valence-corrected chi connectivity index (χ2v) is 5.55. The number of rotatable bonds is 3. The monoisotopic (exact) mass is 284 g/mol. The molecule has 2 unspecified atom stereocenters. The molecular formula is C18H20O3. The lowest BCUT2D eigenvalue weighted by atomic mass is 9.87. The molecule has 1 heterocycles. The van der Waals surface area contributed by atoms with E-state index in [-0.39, 0.29) is 5.92 Å². The van der Waals surface area contributed by atoms with Gasteiger partial charge >= 0.3 is 0 Å². The molecule has 2 aromatic carbocycles. The van der Waals surface area contributed by atoms with E-state index in [1.165, 1.54) is 5.56 Å². The fourth-order valence-corrected chi connectivity index (χ4v) is 2.92. The summed E-state index contributed by atoms with van der Waals surface area (Å²) in [5.74, 6) is 1.83. The van der Waals surface area contributed by atoms with E-state index in [1.807, 2.05) is 43.3 Å². The van der Waals surface area contributed by atoms with E-state index >= 15 is 0 Å². The summed E-state index contributed by atoms with van der Waals surface area (Å²) >= 11 is 0.